The molecule has 1 saturated heterocycles. The van der Waals surface area contributed by atoms with E-state index in [2.05, 4.69) is 17.7 Å². The average Bonchev–Trinajstić information content (AvgIpc) is 2.61. The summed E-state index contributed by atoms with van der Waals surface area (Å²) >= 11 is 0. The molecule has 1 rings (SSSR count). The smallest absolute Gasteiger partial charge is 0.387 e. The van der Waals surface area contributed by atoms with Crippen LogP contribution in [-0.4, -0.2) is 63.1 Å². The van der Waals surface area contributed by atoms with Crippen molar-refractivity contribution in [2.24, 2.45) is 5.73 Å². The molecule has 0 spiro atoms. The van der Waals surface area contributed by atoms with Crippen LogP contribution in [0.25, 0.3) is 0 Å². The van der Waals surface area contributed by atoms with Gasteiger partial charge in [0.05, 0.1) is 6.61 Å². The predicted molar refractivity (Wildman–Crippen MR) is 69.5 cm³/mol. The zero-order valence-corrected chi connectivity index (χ0v) is 14.1. The quantitative estimate of drug-likeness (QED) is 0.251. The van der Waals surface area contributed by atoms with Crippen molar-refractivity contribution in [2.75, 3.05) is 13.7 Å². The molecule has 1 fully saturated rings. The van der Waals surface area contributed by atoms with E-state index in [1.165, 1.54) is 0 Å². The van der Waals surface area contributed by atoms with Gasteiger partial charge in [0, 0.05) is 7.11 Å². The third-order valence-electron chi connectivity index (χ3n) is 2.44. The van der Waals surface area contributed by atoms with Gasteiger partial charge in [0.25, 0.3) is 0 Å². The molecule has 1 aliphatic heterocycles. The largest absolute Gasteiger partial charge is 0.490 e. The molecule has 0 aromatic rings. The Balaban J connectivity index is 2.61. The lowest BCUT2D eigenvalue weighted by Gasteiger charge is -2.19. The Labute approximate surface area is 129 Å². The van der Waals surface area contributed by atoms with Crippen molar-refractivity contribution >= 4 is 23.5 Å². The van der Waals surface area contributed by atoms with Crippen molar-refractivity contribution in [1.29, 1.82) is 0 Å². The van der Waals surface area contributed by atoms with E-state index in [4.69, 9.17) is 20.3 Å². The van der Waals surface area contributed by atoms with E-state index in [1.807, 2.05) is 0 Å². The number of nitrogens with two attached hydrogens (primary N) is 1. The van der Waals surface area contributed by atoms with Crippen molar-refractivity contribution in [3.63, 3.8) is 0 Å². The van der Waals surface area contributed by atoms with Gasteiger partial charge in [-0.1, -0.05) is 0 Å². The fourth-order valence-corrected chi connectivity index (χ4v) is 4.68. The highest BCUT2D eigenvalue weighted by molar-refractivity contribution is 7.66. The predicted octanol–water partition coefficient (Wildman–Crippen LogP) is -1.61. The molecule has 7 atom stereocenters. The van der Waals surface area contributed by atoms with Gasteiger partial charge in [-0.2, -0.15) is 8.62 Å². The van der Waals surface area contributed by atoms with Crippen molar-refractivity contribution in [2.45, 2.75) is 24.5 Å². The number of phosphoric ester groups is 2. The van der Waals surface area contributed by atoms with E-state index in [0.29, 0.717) is 7.11 Å². The first-order valence-electron chi connectivity index (χ1n) is 5.67. The molecule has 0 aromatic heterocycles. The van der Waals surface area contributed by atoms with Gasteiger partial charge >= 0.3 is 23.5 Å². The Kier molecular flexibility index (Phi) is 7.08. The minimum absolute atomic E-state index is 0.670. The Morgan fingerprint density at radius 1 is 1.00 bits per heavy atom. The Morgan fingerprint density at radius 3 is 1.96 bits per heavy atom. The van der Waals surface area contributed by atoms with E-state index < -0.39 is 54.6 Å². The number of hydrogen-bond acceptors (Lipinski definition) is 11. The molecule has 1 aliphatic rings. The minimum Gasteiger partial charge on any atom is -0.387 e. The molecule has 0 amide bonds. The van der Waals surface area contributed by atoms with Crippen LogP contribution in [0.3, 0.4) is 0 Å². The summed E-state index contributed by atoms with van der Waals surface area (Å²) in [5.74, 6) is 0. The molecule has 138 valence electrons. The van der Waals surface area contributed by atoms with E-state index in [-0.39, 0.29) is 0 Å². The number of ether oxygens (including phenoxy) is 1. The van der Waals surface area contributed by atoms with Crippen LogP contribution < -0.4 is 5.73 Å². The monoisotopic (exact) mass is 403 g/mol. The van der Waals surface area contributed by atoms with Gasteiger partial charge in [-0.05, 0) is 0 Å². The van der Waals surface area contributed by atoms with Crippen LogP contribution in [0.5, 0.6) is 0 Å². The molecular formula is C6H16NO13P3. The standard InChI is InChI=1S/C6H16NO13P3/c1-16-21(10,11)19-23(14,15)20-22(12,13)17-2-3-4(8)5(9)6(7)18-3/h3-6,8-9H,2,7H2,1H3,(H,10,11)(H,12,13)(H,14,15)/t3-,4+,5?,6-/m1/s1. The average molecular weight is 403 g/mol. The maximum Gasteiger partial charge on any atom is 0.490 e. The number of aliphatic hydroxyl groups is 2. The van der Waals surface area contributed by atoms with Gasteiger partial charge in [-0.15, -0.1) is 0 Å². The maximum atomic E-state index is 11.5. The highest BCUT2D eigenvalue weighted by atomic mass is 31.3. The van der Waals surface area contributed by atoms with Crippen LogP contribution >= 0.6 is 23.5 Å². The second-order valence-electron chi connectivity index (χ2n) is 4.17. The second-order valence-corrected chi connectivity index (χ2v) is 8.91. The van der Waals surface area contributed by atoms with E-state index in [9.17, 15) is 28.8 Å². The lowest BCUT2D eigenvalue weighted by Crippen LogP contribution is -2.37. The van der Waals surface area contributed by atoms with Gasteiger partial charge in [0.15, 0.2) is 0 Å². The van der Waals surface area contributed by atoms with Gasteiger partial charge in [-0.25, -0.2) is 13.7 Å². The van der Waals surface area contributed by atoms with Crippen LogP contribution in [0.15, 0.2) is 0 Å². The Hall–Kier alpha value is 0.250. The second kappa shape index (κ2) is 7.65. The number of aliphatic hydroxyl groups excluding tert-OH is 2. The maximum absolute atomic E-state index is 11.5. The summed E-state index contributed by atoms with van der Waals surface area (Å²) in [5, 5.41) is 18.8. The van der Waals surface area contributed by atoms with E-state index in [0.717, 1.165) is 0 Å². The number of phosphoric acid groups is 3. The van der Waals surface area contributed by atoms with Gasteiger partial charge in [0.2, 0.25) is 0 Å². The van der Waals surface area contributed by atoms with Crippen LogP contribution in [0.2, 0.25) is 0 Å². The van der Waals surface area contributed by atoms with Crippen LogP contribution in [-0.2, 0) is 36.1 Å². The van der Waals surface area contributed by atoms with Crippen molar-refractivity contribution in [1.82, 2.24) is 0 Å². The molecule has 0 aliphatic carbocycles. The fourth-order valence-electron chi connectivity index (χ4n) is 1.42. The molecule has 0 bridgehead atoms. The number of hydrogen-bond donors (Lipinski definition) is 6. The molecule has 23 heavy (non-hydrogen) atoms. The third kappa shape index (κ3) is 6.58. The third-order valence-corrected chi connectivity index (χ3v) is 6.68. The molecule has 4 unspecified atom stereocenters. The molecule has 14 nitrogen and oxygen atoms in total. The summed E-state index contributed by atoms with van der Waals surface area (Å²) in [5.41, 5.74) is 5.26. The zero-order chi connectivity index (χ0) is 18.1. The van der Waals surface area contributed by atoms with Crippen molar-refractivity contribution in [3.05, 3.63) is 0 Å². The molecule has 0 aromatic carbocycles. The Bertz CT molecular complexity index is 554. The van der Waals surface area contributed by atoms with Crippen LogP contribution in [0.4, 0.5) is 0 Å². The lowest BCUT2D eigenvalue weighted by atomic mass is 10.1. The Morgan fingerprint density at radius 2 is 1.52 bits per heavy atom. The van der Waals surface area contributed by atoms with E-state index >= 15 is 0 Å². The molecule has 17 heteroatoms. The van der Waals surface area contributed by atoms with Gasteiger partial charge < -0.3 is 35.4 Å². The fraction of sp³-hybridized carbons (Fsp3) is 1.00. The lowest BCUT2D eigenvalue weighted by molar-refractivity contribution is -0.0196. The first kappa shape index (κ1) is 21.3. The minimum atomic E-state index is -5.51. The highest BCUT2D eigenvalue weighted by Gasteiger charge is 2.45. The normalized spacial score (nSPS) is 36.1. The SMILES string of the molecule is COP(=O)(O)OP(=O)(O)OP(=O)(O)OC[C@H]1O[C@@H](N)C(O)[C@H]1O. The van der Waals surface area contributed by atoms with Gasteiger partial charge in [-0.3, -0.25) is 9.05 Å². The zero-order valence-electron chi connectivity index (χ0n) is 11.4. The first-order chi connectivity index (χ1) is 10.3. The molecule has 0 saturated carbocycles. The first-order valence-corrected chi connectivity index (χ1v) is 10.2. The summed E-state index contributed by atoms with van der Waals surface area (Å²) < 4.78 is 54.1. The molecule has 0 radical (unpaired) electrons. The summed E-state index contributed by atoms with van der Waals surface area (Å²) in [4.78, 5) is 27.2. The summed E-state index contributed by atoms with van der Waals surface area (Å²) in [6.45, 7) is -0.860. The highest BCUT2D eigenvalue weighted by Crippen LogP contribution is 2.67. The number of rotatable bonds is 8. The molecule has 7 N–H and O–H groups in total. The summed E-state index contributed by atoms with van der Waals surface area (Å²) in [6.07, 6.45) is -5.62. The van der Waals surface area contributed by atoms with Crippen molar-refractivity contribution in [3.8, 4) is 0 Å². The van der Waals surface area contributed by atoms with Crippen LogP contribution in [0, 0.1) is 0 Å². The van der Waals surface area contributed by atoms with E-state index in [1.54, 1.807) is 0 Å². The summed E-state index contributed by atoms with van der Waals surface area (Å²) in [6, 6.07) is 0. The summed E-state index contributed by atoms with van der Waals surface area (Å²) in [7, 11) is -15.1. The van der Waals surface area contributed by atoms with Gasteiger partial charge in [0.1, 0.15) is 24.5 Å². The van der Waals surface area contributed by atoms with Crippen molar-refractivity contribution < 1.29 is 61.0 Å². The topological polar surface area (TPSA) is 225 Å². The molecular weight excluding hydrogens is 387 g/mol. The van der Waals surface area contributed by atoms with Crippen LogP contribution in [0.1, 0.15) is 0 Å². The molecule has 1 heterocycles.